The predicted octanol–water partition coefficient (Wildman–Crippen LogP) is 1.80. The summed E-state index contributed by atoms with van der Waals surface area (Å²) in [7, 11) is 0. The topological polar surface area (TPSA) is 26.3 Å². The van der Waals surface area contributed by atoms with Gasteiger partial charge in [-0.1, -0.05) is 0 Å². The van der Waals surface area contributed by atoms with Crippen molar-refractivity contribution in [1.82, 2.24) is 0 Å². The molecule has 58 valence electrons. The van der Waals surface area contributed by atoms with Gasteiger partial charge in [0.1, 0.15) is 12.0 Å². The van der Waals surface area contributed by atoms with Crippen LogP contribution in [0.1, 0.15) is 10.4 Å². The van der Waals surface area contributed by atoms with Gasteiger partial charge in [-0.2, -0.15) is 0 Å². The lowest BCUT2D eigenvalue weighted by molar-refractivity contribution is 0.112. The molecule has 0 heterocycles. The molecule has 0 unspecified atom stereocenters. The van der Waals surface area contributed by atoms with Gasteiger partial charge in [-0.25, -0.2) is 4.39 Å². The van der Waals surface area contributed by atoms with Crippen molar-refractivity contribution in [2.45, 2.75) is 0 Å². The normalized spacial score (nSPS) is 9.18. The Balaban J connectivity index is 2.74. The van der Waals surface area contributed by atoms with Crippen molar-refractivity contribution < 1.29 is 13.9 Å². The Morgan fingerprint density at radius 2 is 2.00 bits per heavy atom. The lowest BCUT2D eigenvalue weighted by atomic mass is 10.2. The zero-order valence-electron chi connectivity index (χ0n) is 5.79. The molecule has 11 heavy (non-hydrogen) atoms. The molecule has 0 spiro atoms. The van der Waals surface area contributed by atoms with Gasteiger partial charge in [-0.3, -0.25) is 4.79 Å². The summed E-state index contributed by atoms with van der Waals surface area (Å²) >= 11 is 0. The number of carbonyl (C=O) groups is 1. The summed E-state index contributed by atoms with van der Waals surface area (Å²) in [4.78, 5) is 10.2. The van der Waals surface area contributed by atoms with Crippen molar-refractivity contribution in [2.24, 2.45) is 0 Å². The first-order valence-corrected chi connectivity index (χ1v) is 3.11. The Morgan fingerprint density at radius 1 is 1.36 bits per heavy atom. The van der Waals surface area contributed by atoms with Crippen LogP contribution in [0.25, 0.3) is 0 Å². The summed E-state index contributed by atoms with van der Waals surface area (Å²) in [6.45, 7) is -0.847. The number of rotatable bonds is 3. The first-order chi connectivity index (χ1) is 5.36. The van der Waals surface area contributed by atoms with E-state index in [2.05, 4.69) is 4.74 Å². The van der Waals surface area contributed by atoms with Crippen LogP contribution in [-0.4, -0.2) is 13.1 Å². The largest absolute Gasteiger partial charge is 0.463 e. The van der Waals surface area contributed by atoms with Crippen LogP contribution in [0.5, 0.6) is 5.75 Å². The molecule has 0 atom stereocenters. The summed E-state index contributed by atoms with van der Waals surface area (Å²) in [6.07, 6.45) is 0.721. The lowest BCUT2D eigenvalue weighted by Crippen LogP contribution is -1.89. The fraction of sp³-hybridized carbons (Fsp3) is 0.125. The Morgan fingerprint density at radius 3 is 2.45 bits per heavy atom. The number of halogens is 1. The molecule has 0 aliphatic heterocycles. The van der Waals surface area contributed by atoms with Crippen LogP contribution in [0.15, 0.2) is 24.3 Å². The first-order valence-electron chi connectivity index (χ1n) is 3.11. The zero-order valence-corrected chi connectivity index (χ0v) is 5.79. The minimum absolute atomic E-state index is 0.429. The van der Waals surface area contributed by atoms with Crippen LogP contribution in [0.2, 0.25) is 0 Å². The Labute approximate surface area is 63.6 Å². The van der Waals surface area contributed by atoms with E-state index in [1.54, 1.807) is 24.3 Å². The summed E-state index contributed by atoms with van der Waals surface area (Å²) in [6, 6.07) is 6.22. The van der Waals surface area contributed by atoms with E-state index in [0.717, 1.165) is 6.29 Å². The third kappa shape index (κ3) is 2.04. The molecule has 2 nitrogen and oxygen atoms in total. The SMILES string of the molecule is O=Cc1ccc(OCF)cc1. The molecule has 1 rings (SSSR count). The molecule has 0 saturated carbocycles. The number of alkyl halides is 1. The summed E-state index contributed by atoms with van der Waals surface area (Å²) in [5.74, 6) is 0.429. The molecule has 0 N–H and O–H groups in total. The molecule has 0 fully saturated rings. The molecule has 0 bridgehead atoms. The second-order valence-electron chi connectivity index (χ2n) is 1.94. The van der Waals surface area contributed by atoms with Gasteiger partial charge in [-0.05, 0) is 24.3 Å². The van der Waals surface area contributed by atoms with E-state index < -0.39 is 6.86 Å². The van der Waals surface area contributed by atoms with E-state index in [-0.39, 0.29) is 0 Å². The van der Waals surface area contributed by atoms with E-state index >= 15 is 0 Å². The lowest BCUT2D eigenvalue weighted by Gasteiger charge is -1.98. The van der Waals surface area contributed by atoms with Gasteiger partial charge in [0.15, 0.2) is 0 Å². The van der Waals surface area contributed by atoms with Crippen molar-refractivity contribution in [2.75, 3.05) is 6.86 Å². The maximum Gasteiger partial charge on any atom is 0.228 e. The molecule has 0 saturated heterocycles. The van der Waals surface area contributed by atoms with Gasteiger partial charge in [-0.15, -0.1) is 0 Å². The average molecular weight is 154 g/mol. The number of carbonyl (C=O) groups excluding carboxylic acids is 1. The average Bonchev–Trinajstić information content (AvgIpc) is 2.07. The van der Waals surface area contributed by atoms with E-state index in [1.807, 2.05) is 0 Å². The molecule has 0 aliphatic rings. The van der Waals surface area contributed by atoms with Gasteiger partial charge in [0.2, 0.25) is 6.86 Å². The summed E-state index contributed by atoms with van der Waals surface area (Å²) in [5.41, 5.74) is 0.552. The van der Waals surface area contributed by atoms with E-state index in [0.29, 0.717) is 11.3 Å². The van der Waals surface area contributed by atoms with Gasteiger partial charge < -0.3 is 4.74 Å². The maximum atomic E-state index is 11.6. The van der Waals surface area contributed by atoms with Crippen LogP contribution in [0, 0.1) is 0 Å². The van der Waals surface area contributed by atoms with Gasteiger partial charge in [0, 0.05) is 5.56 Å². The van der Waals surface area contributed by atoms with E-state index in [9.17, 15) is 9.18 Å². The number of aldehydes is 1. The van der Waals surface area contributed by atoms with Crippen LogP contribution >= 0.6 is 0 Å². The highest BCUT2D eigenvalue weighted by molar-refractivity contribution is 5.74. The molecule has 0 amide bonds. The van der Waals surface area contributed by atoms with Gasteiger partial charge in [0.05, 0.1) is 0 Å². The van der Waals surface area contributed by atoms with E-state index in [4.69, 9.17) is 0 Å². The summed E-state index contributed by atoms with van der Waals surface area (Å²) < 4.78 is 16.1. The van der Waals surface area contributed by atoms with E-state index in [1.165, 1.54) is 0 Å². The van der Waals surface area contributed by atoms with Crippen LogP contribution in [0.3, 0.4) is 0 Å². The monoisotopic (exact) mass is 154 g/mol. The molecule has 0 aromatic heterocycles. The highest BCUT2D eigenvalue weighted by Crippen LogP contribution is 2.10. The highest BCUT2D eigenvalue weighted by atomic mass is 19.1. The second kappa shape index (κ2) is 3.71. The Bertz CT molecular complexity index is 230. The maximum absolute atomic E-state index is 11.6. The second-order valence-corrected chi connectivity index (χ2v) is 1.94. The minimum Gasteiger partial charge on any atom is -0.463 e. The van der Waals surface area contributed by atoms with Crippen molar-refractivity contribution in [3.05, 3.63) is 29.8 Å². The van der Waals surface area contributed by atoms with Crippen molar-refractivity contribution in [3.8, 4) is 5.75 Å². The smallest absolute Gasteiger partial charge is 0.228 e. The van der Waals surface area contributed by atoms with Gasteiger partial charge in [0.25, 0.3) is 0 Å². The van der Waals surface area contributed by atoms with Crippen molar-refractivity contribution in [3.63, 3.8) is 0 Å². The zero-order chi connectivity index (χ0) is 8.10. The quantitative estimate of drug-likeness (QED) is 0.620. The van der Waals surface area contributed by atoms with Crippen molar-refractivity contribution in [1.29, 1.82) is 0 Å². The summed E-state index contributed by atoms with van der Waals surface area (Å²) in [5, 5.41) is 0. The third-order valence-electron chi connectivity index (χ3n) is 1.24. The Kier molecular flexibility index (Phi) is 2.60. The Hall–Kier alpha value is -1.38. The molecule has 0 aliphatic carbocycles. The number of benzene rings is 1. The first kappa shape index (κ1) is 7.72. The standard InChI is InChI=1S/C8H7FO2/c9-6-11-8-3-1-7(5-10)2-4-8/h1-5H,6H2. The van der Waals surface area contributed by atoms with Crippen LogP contribution in [0.4, 0.5) is 4.39 Å². The molecular formula is C8H7FO2. The number of ether oxygens (including phenoxy) is 1. The van der Waals surface area contributed by atoms with Crippen molar-refractivity contribution >= 4 is 6.29 Å². The highest BCUT2D eigenvalue weighted by Gasteiger charge is 1.91. The minimum atomic E-state index is -0.847. The predicted molar refractivity (Wildman–Crippen MR) is 38.4 cm³/mol. The van der Waals surface area contributed by atoms with Crippen LogP contribution in [-0.2, 0) is 0 Å². The molecular weight excluding hydrogens is 147 g/mol. The fourth-order valence-corrected chi connectivity index (χ4v) is 0.706. The molecule has 1 aromatic carbocycles. The van der Waals surface area contributed by atoms with Gasteiger partial charge >= 0.3 is 0 Å². The molecule has 1 aromatic rings. The number of hydrogen-bond donors (Lipinski definition) is 0. The molecule has 3 heteroatoms. The fourth-order valence-electron chi connectivity index (χ4n) is 0.706. The molecule has 0 radical (unpaired) electrons. The number of hydrogen-bond acceptors (Lipinski definition) is 2. The third-order valence-corrected chi connectivity index (χ3v) is 1.24. The van der Waals surface area contributed by atoms with Crippen LogP contribution < -0.4 is 4.74 Å².